The van der Waals surface area contributed by atoms with Crippen LogP contribution < -0.4 is 4.74 Å². The van der Waals surface area contributed by atoms with E-state index in [2.05, 4.69) is 0 Å². The van der Waals surface area contributed by atoms with Gasteiger partial charge in [0.1, 0.15) is 5.75 Å². The lowest BCUT2D eigenvalue weighted by Crippen LogP contribution is -2.15. The van der Waals surface area contributed by atoms with Crippen LogP contribution in [-0.2, 0) is 11.2 Å². The molecule has 0 unspecified atom stereocenters. The summed E-state index contributed by atoms with van der Waals surface area (Å²) in [6.45, 7) is 2.68. The lowest BCUT2D eigenvalue weighted by molar-refractivity contribution is -0.131. The molecule has 0 saturated heterocycles. The van der Waals surface area contributed by atoms with Gasteiger partial charge in [-0.3, -0.25) is 4.79 Å². The molecule has 0 saturated carbocycles. The molecule has 4 heteroatoms. The monoisotopic (exact) mass is 260 g/mol. The van der Waals surface area contributed by atoms with Gasteiger partial charge in [0.2, 0.25) is 0 Å². The zero-order valence-corrected chi connectivity index (χ0v) is 10.8. The Morgan fingerprint density at radius 2 is 2.21 bits per heavy atom. The predicted molar refractivity (Wildman–Crippen MR) is 70.6 cm³/mol. The summed E-state index contributed by atoms with van der Waals surface area (Å²) in [5.41, 5.74) is 1.88. The van der Waals surface area contributed by atoms with Crippen molar-refractivity contribution in [1.29, 1.82) is 0 Å². The van der Waals surface area contributed by atoms with E-state index in [1.807, 2.05) is 13.0 Å². The van der Waals surface area contributed by atoms with Gasteiger partial charge in [-0.15, -0.1) is 0 Å². The van der Waals surface area contributed by atoms with Crippen LogP contribution in [0.5, 0.6) is 5.75 Å². The van der Waals surface area contributed by atoms with Crippen molar-refractivity contribution >= 4 is 11.8 Å². The molecule has 1 aliphatic rings. The van der Waals surface area contributed by atoms with Gasteiger partial charge >= 0.3 is 5.97 Å². The fourth-order valence-corrected chi connectivity index (χ4v) is 2.15. The maximum atomic E-state index is 12.1. The molecule has 0 radical (unpaired) electrons. The second-order valence-electron chi connectivity index (χ2n) is 4.50. The number of ether oxygens (including phenoxy) is 1. The molecule has 19 heavy (non-hydrogen) atoms. The molecule has 1 aliphatic carbocycles. The van der Waals surface area contributed by atoms with Gasteiger partial charge in [0.25, 0.3) is 0 Å². The molecule has 2 rings (SSSR count). The largest absolute Gasteiger partial charge is 0.494 e. The van der Waals surface area contributed by atoms with E-state index in [1.165, 1.54) is 0 Å². The number of carbonyl (C=O) groups is 2. The number of carboxylic acid groups (broad SMARTS) is 1. The van der Waals surface area contributed by atoms with Crippen LogP contribution in [0.25, 0.3) is 0 Å². The van der Waals surface area contributed by atoms with Crippen molar-refractivity contribution in [3.8, 4) is 5.75 Å². The van der Waals surface area contributed by atoms with Crippen molar-refractivity contribution in [3.05, 3.63) is 41.0 Å². The Morgan fingerprint density at radius 3 is 2.89 bits per heavy atom. The summed E-state index contributed by atoms with van der Waals surface area (Å²) in [4.78, 5) is 22.8. The Kier molecular flexibility index (Phi) is 4.00. The molecule has 0 spiro atoms. The van der Waals surface area contributed by atoms with E-state index in [0.29, 0.717) is 30.6 Å². The number of Topliss-reactive ketones (excluding diaryl/α,β-unsaturated/α-hetero) is 1. The van der Waals surface area contributed by atoms with E-state index >= 15 is 0 Å². The number of allylic oxidation sites excluding steroid dienone is 1. The summed E-state index contributed by atoms with van der Waals surface area (Å²) in [5, 5.41) is 8.72. The zero-order valence-electron chi connectivity index (χ0n) is 10.8. The van der Waals surface area contributed by atoms with Crippen LogP contribution >= 0.6 is 0 Å². The summed E-state index contributed by atoms with van der Waals surface area (Å²) in [7, 11) is 0. The van der Waals surface area contributed by atoms with Crippen LogP contribution in [0.4, 0.5) is 0 Å². The number of benzene rings is 1. The highest BCUT2D eigenvalue weighted by molar-refractivity contribution is 6.12. The van der Waals surface area contributed by atoms with Crippen molar-refractivity contribution in [2.24, 2.45) is 0 Å². The molecular formula is C15H16O4. The lowest BCUT2D eigenvalue weighted by atomic mass is 9.86. The van der Waals surface area contributed by atoms with Gasteiger partial charge in [-0.1, -0.05) is 6.92 Å². The second-order valence-corrected chi connectivity index (χ2v) is 4.50. The standard InChI is InChI=1S/C15H16O4/c1-2-7-19-12-5-6-13-10(8-12)3-4-11(15(13)18)9-14(16)17/h5-6,8-9H,2-4,7H2,1H3,(H,16,17)/b11-9+. The second kappa shape index (κ2) is 5.69. The molecule has 0 heterocycles. The Morgan fingerprint density at radius 1 is 1.42 bits per heavy atom. The van der Waals surface area contributed by atoms with Crippen molar-refractivity contribution in [1.82, 2.24) is 0 Å². The molecule has 0 aliphatic heterocycles. The normalized spacial score (nSPS) is 16.3. The quantitative estimate of drug-likeness (QED) is 0.845. The topological polar surface area (TPSA) is 63.6 Å². The van der Waals surface area contributed by atoms with Gasteiger partial charge in [0.15, 0.2) is 5.78 Å². The first-order chi connectivity index (χ1) is 9.11. The van der Waals surface area contributed by atoms with Crippen LogP contribution in [0, 0.1) is 0 Å². The fourth-order valence-electron chi connectivity index (χ4n) is 2.15. The number of hydrogen-bond donors (Lipinski definition) is 1. The van der Waals surface area contributed by atoms with Crippen molar-refractivity contribution in [2.45, 2.75) is 26.2 Å². The Hall–Kier alpha value is -2.10. The third-order valence-corrected chi connectivity index (χ3v) is 3.05. The molecular weight excluding hydrogens is 244 g/mol. The minimum Gasteiger partial charge on any atom is -0.494 e. The van der Waals surface area contributed by atoms with Gasteiger partial charge in [0, 0.05) is 17.2 Å². The molecule has 0 aromatic heterocycles. The molecule has 100 valence electrons. The smallest absolute Gasteiger partial charge is 0.328 e. The molecule has 1 aromatic rings. The van der Waals surface area contributed by atoms with Crippen LogP contribution in [0.3, 0.4) is 0 Å². The maximum Gasteiger partial charge on any atom is 0.328 e. The molecule has 0 bridgehead atoms. The SMILES string of the molecule is CCCOc1ccc2c(c1)CC/C(=C\C(=O)O)C2=O. The first-order valence-electron chi connectivity index (χ1n) is 6.35. The van der Waals surface area contributed by atoms with Crippen LogP contribution in [0.1, 0.15) is 35.7 Å². The average molecular weight is 260 g/mol. The van der Waals surface area contributed by atoms with E-state index in [0.717, 1.165) is 23.8 Å². The molecule has 1 N–H and O–H groups in total. The maximum absolute atomic E-state index is 12.1. The number of fused-ring (bicyclic) bond motifs is 1. The molecule has 4 nitrogen and oxygen atoms in total. The van der Waals surface area contributed by atoms with E-state index in [-0.39, 0.29) is 5.78 Å². The number of carboxylic acids is 1. The predicted octanol–water partition coefficient (Wildman–Crippen LogP) is 2.62. The third kappa shape index (κ3) is 3.02. The summed E-state index contributed by atoms with van der Waals surface area (Å²) >= 11 is 0. The Labute approximate surface area is 111 Å². The number of carbonyl (C=O) groups excluding carboxylic acids is 1. The van der Waals surface area contributed by atoms with Crippen molar-refractivity contribution in [3.63, 3.8) is 0 Å². The average Bonchev–Trinajstić information content (AvgIpc) is 2.39. The molecule has 0 amide bonds. The highest BCUT2D eigenvalue weighted by Crippen LogP contribution is 2.28. The van der Waals surface area contributed by atoms with Crippen molar-refractivity contribution < 1.29 is 19.4 Å². The van der Waals surface area contributed by atoms with Crippen LogP contribution in [0.2, 0.25) is 0 Å². The fraction of sp³-hybridized carbons (Fsp3) is 0.333. The summed E-state index contributed by atoms with van der Waals surface area (Å²) < 4.78 is 5.53. The van der Waals surface area contributed by atoms with Crippen molar-refractivity contribution in [2.75, 3.05) is 6.61 Å². The molecule has 0 atom stereocenters. The third-order valence-electron chi connectivity index (χ3n) is 3.05. The highest BCUT2D eigenvalue weighted by Gasteiger charge is 2.22. The molecule has 1 aromatic carbocycles. The molecule has 0 fully saturated rings. The van der Waals surface area contributed by atoms with E-state index in [4.69, 9.17) is 9.84 Å². The van der Waals surface area contributed by atoms with Gasteiger partial charge in [0.05, 0.1) is 6.61 Å². The number of aliphatic carboxylic acids is 1. The number of rotatable bonds is 4. The lowest BCUT2D eigenvalue weighted by Gasteiger charge is -2.18. The number of hydrogen-bond acceptors (Lipinski definition) is 3. The highest BCUT2D eigenvalue weighted by atomic mass is 16.5. The van der Waals surface area contributed by atoms with E-state index in [1.54, 1.807) is 12.1 Å². The summed E-state index contributed by atoms with van der Waals surface area (Å²) in [6.07, 6.45) is 3.08. The van der Waals surface area contributed by atoms with Gasteiger partial charge in [-0.2, -0.15) is 0 Å². The minimum absolute atomic E-state index is 0.189. The van der Waals surface area contributed by atoms with Gasteiger partial charge < -0.3 is 9.84 Å². The van der Waals surface area contributed by atoms with Gasteiger partial charge in [-0.05, 0) is 43.0 Å². The summed E-state index contributed by atoms with van der Waals surface area (Å²) in [6, 6.07) is 5.36. The minimum atomic E-state index is -1.07. The number of ketones is 1. The van der Waals surface area contributed by atoms with E-state index < -0.39 is 5.97 Å². The van der Waals surface area contributed by atoms with Crippen LogP contribution in [0.15, 0.2) is 29.8 Å². The number of aryl methyl sites for hydroxylation is 1. The first kappa shape index (κ1) is 13.3. The Balaban J connectivity index is 2.26. The summed E-state index contributed by atoms with van der Waals surface area (Å²) in [5.74, 6) is -0.501. The first-order valence-corrected chi connectivity index (χ1v) is 6.35. The van der Waals surface area contributed by atoms with E-state index in [9.17, 15) is 9.59 Å². The van der Waals surface area contributed by atoms with Gasteiger partial charge in [-0.25, -0.2) is 4.79 Å². The van der Waals surface area contributed by atoms with Crippen LogP contribution in [-0.4, -0.2) is 23.5 Å². The zero-order chi connectivity index (χ0) is 13.8. The Bertz CT molecular complexity index is 543.